The molecule has 1 heterocycles. The van der Waals surface area contributed by atoms with E-state index in [0.717, 1.165) is 5.75 Å². The van der Waals surface area contributed by atoms with Gasteiger partial charge in [-0.25, -0.2) is 0 Å². The molecule has 24 heavy (non-hydrogen) atoms. The SMILES string of the molecule is O=C(NCCCOc1ccccc1)c1cc(Cl)c2c(c1)OCCO2. The van der Waals surface area contributed by atoms with E-state index in [2.05, 4.69) is 5.32 Å². The van der Waals surface area contributed by atoms with E-state index in [1.807, 2.05) is 30.3 Å². The van der Waals surface area contributed by atoms with Crippen molar-refractivity contribution in [3.05, 3.63) is 53.1 Å². The van der Waals surface area contributed by atoms with Gasteiger partial charge in [0, 0.05) is 12.1 Å². The van der Waals surface area contributed by atoms with Crippen LogP contribution in [0, 0.1) is 0 Å². The van der Waals surface area contributed by atoms with Crippen molar-refractivity contribution in [2.24, 2.45) is 0 Å². The van der Waals surface area contributed by atoms with E-state index in [-0.39, 0.29) is 5.91 Å². The highest BCUT2D eigenvalue weighted by atomic mass is 35.5. The fourth-order valence-electron chi connectivity index (χ4n) is 2.32. The van der Waals surface area contributed by atoms with Gasteiger partial charge < -0.3 is 19.5 Å². The number of nitrogens with one attached hydrogen (secondary N) is 1. The van der Waals surface area contributed by atoms with Gasteiger partial charge in [0.1, 0.15) is 19.0 Å². The van der Waals surface area contributed by atoms with Gasteiger partial charge >= 0.3 is 0 Å². The van der Waals surface area contributed by atoms with Crippen molar-refractivity contribution in [3.63, 3.8) is 0 Å². The Morgan fingerprint density at radius 2 is 1.96 bits per heavy atom. The number of hydrogen-bond acceptors (Lipinski definition) is 4. The summed E-state index contributed by atoms with van der Waals surface area (Å²) in [7, 11) is 0. The van der Waals surface area contributed by atoms with Gasteiger partial charge in [-0.05, 0) is 30.7 Å². The normalized spacial score (nSPS) is 12.5. The van der Waals surface area contributed by atoms with Crippen LogP contribution in [0.5, 0.6) is 17.2 Å². The average Bonchev–Trinajstić information content (AvgIpc) is 2.62. The highest BCUT2D eigenvalue weighted by Gasteiger charge is 2.19. The van der Waals surface area contributed by atoms with Gasteiger partial charge in [-0.3, -0.25) is 4.79 Å². The molecule has 6 heteroatoms. The van der Waals surface area contributed by atoms with Crippen LogP contribution in [0.1, 0.15) is 16.8 Å². The monoisotopic (exact) mass is 347 g/mol. The maximum Gasteiger partial charge on any atom is 0.251 e. The van der Waals surface area contributed by atoms with Gasteiger partial charge in [-0.2, -0.15) is 0 Å². The lowest BCUT2D eigenvalue weighted by molar-refractivity contribution is 0.0950. The highest BCUT2D eigenvalue weighted by molar-refractivity contribution is 6.32. The quantitative estimate of drug-likeness (QED) is 0.814. The van der Waals surface area contributed by atoms with E-state index in [1.165, 1.54) is 0 Å². The molecule has 0 bridgehead atoms. The number of para-hydroxylation sites is 1. The van der Waals surface area contributed by atoms with Crippen LogP contribution in [0.15, 0.2) is 42.5 Å². The van der Waals surface area contributed by atoms with Crippen molar-refractivity contribution in [2.45, 2.75) is 6.42 Å². The molecule has 0 fully saturated rings. The van der Waals surface area contributed by atoms with E-state index in [1.54, 1.807) is 12.1 Å². The Morgan fingerprint density at radius 3 is 2.79 bits per heavy atom. The van der Waals surface area contributed by atoms with Crippen molar-refractivity contribution < 1.29 is 19.0 Å². The minimum absolute atomic E-state index is 0.200. The molecule has 1 amide bonds. The van der Waals surface area contributed by atoms with Gasteiger partial charge in [-0.1, -0.05) is 29.8 Å². The van der Waals surface area contributed by atoms with Gasteiger partial charge in [0.25, 0.3) is 5.91 Å². The number of halogens is 1. The van der Waals surface area contributed by atoms with Crippen molar-refractivity contribution in [2.75, 3.05) is 26.4 Å². The second kappa shape index (κ2) is 7.93. The minimum atomic E-state index is -0.200. The molecule has 0 atom stereocenters. The first-order chi connectivity index (χ1) is 11.7. The molecule has 0 unspecified atom stereocenters. The Balaban J connectivity index is 1.48. The summed E-state index contributed by atoms with van der Waals surface area (Å²) in [5, 5.41) is 3.22. The molecular formula is C18H18ClNO4. The second-order valence-corrected chi connectivity index (χ2v) is 5.66. The topological polar surface area (TPSA) is 56.8 Å². The van der Waals surface area contributed by atoms with Gasteiger partial charge in [0.15, 0.2) is 11.5 Å². The van der Waals surface area contributed by atoms with E-state index >= 15 is 0 Å². The predicted molar refractivity (Wildman–Crippen MR) is 91.3 cm³/mol. The van der Waals surface area contributed by atoms with Gasteiger partial charge in [0.05, 0.1) is 11.6 Å². The number of ether oxygens (including phenoxy) is 3. The molecule has 1 aliphatic rings. The third-order valence-corrected chi connectivity index (χ3v) is 3.76. The van der Waals surface area contributed by atoms with Crippen LogP contribution in [-0.4, -0.2) is 32.3 Å². The Labute approximate surface area is 145 Å². The lowest BCUT2D eigenvalue weighted by atomic mass is 10.1. The first-order valence-electron chi connectivity index (χ1n) is 7.79. The molecule has 5 nitrogen and oxygen atoms in total. The maximum atomic E-state index is 12.2. The van der Waals surface area contributed by atoms with Crippen LogP contribution >= 0.6 is 11.6 Å². The van der Waals surface area contributed by atoms with Crippen LogP contribution in [0.25, 0.3) is 0 Å². The zero-order valence-corrected chi connectivity index (χ0v) is 13.8. The fourth-order valence-corrected chi connectivity index (χ4v) is 2.59. The largest absolute Gasteiger partial charge is 0.494 e. The summed E-state index contributed by atoms with van der Waals surface area (Å²) in [5.41, 5.74) is 0.452. The molecule has 0 spiro atoms. The summed E-state index contributed by atoms with van der Waals surface area (Å²) < 4.78 is 16.5. The number of carbonyl (C=O) groups is 1. The highest BCUT2D eigenvalue weighted by Crippen LogP contribution is 2.38. The standard InChI is InChI=1S/C18H18ClNO4/c19-15-11-13(12-16-17(15)24-10-9-23-16)18(21)20-7-4-8-22-14-5-2-1-3-6-14/h1-3,5-6,11-12H,4,7-10H2,(H,20,21). The number of rotatable bonds is 6. The third kappa shape index (κ3) is 4.11. The summed E-state index contributed by atoms with van der Waals surface area (Å²) in [4.78, 5) is 12.2. The lowest BCUT2D eigenvalue weighted by Gasteiger charge is -2.20. The lowest BCUT2D eigenvalue weighted by Crippen LogP contribution is -2.26. The molecule has 2 aromatic carbocycles. The Bertz CT molecular complexity index is 706. The first-order valence-corrected chi connectivity index (χ1v) is 8.17. The van der Waals surface area contributed by atoms with E-state index in [4.69, 9.17) is 25.8 Å². The number of amides is 1. The number of carbonyl (C=O) groups excluding carboxylic acids is 1. The Hall–Kier alpha value is -2.40. The smallest absolute Gasteiger partial charge is 0.251 e. The number of hydrogen-bond donors (Lipinski definition) is 1. The number of fused-ring (bicyclic) bond motifs is 1. The molecular weight excluding hydrogens is 330 g/mol. The predicted octanol–water partition coefficient (Wildman–Crippen LogP) is 3.31. The van der Waals surface area contributed by atoms with E-state index < -0.39 is 0 Å². The molecule has 0 radical (unpaired) electrons. The molecule has 0 saturated carbocycles. The van der Waals surface area contributed by atoms with E-state index in [9.17, 15) is 4.79 Å². The molecule has 3 rings (SSSR count). The van der Waals surface area contributed by atoms with Crippen molar-refractivity contribution in [3.8, 4) is 17.2 Å². The summed E-state index contributed by atoms with van der Waals surface area (Å²) in [5.74, 6) is 1.62. The fraction of sp³-hybridized carbons (Fsp3) is 0.278. The molecule has 1 aliphatic heterocycles. The second-order valence-electron chi connectivity index (χ2n) is 5.25. The molecule has 0 aromatic heterocycles. The maximum absolute atomic E-state index is 12.2. The van der Waals surface area contributed by atoms with Gasteiger partial charge in [-0.15, -0.1) is 0 Å². The van der Waals surface area contributed by atoms with E-state index in [0.29, 0.717) is 54.9 Å². The molecule has 0 aliphatic carbocycles. The Kier molecular flexibility index (Phi) is 5.43. The molecule has 1 N–H and O–H groups in total. The van der Waals surface area contributed by atoms with Crippen molar-refractivity contribution in [1.82, 2.24) is 5.32 Å². The molecule has 126 valence electrons. The molecule has 2 aromatic rings. The average molecular weight is 348 g/mol. The zero-order chi connectivity index (χ0) is 16.8. The summed E-state index contributed by atoms with van der Waals surface area (Å²) in [6.45, 7) is 1.95. The van der Waals surface area contributed by atoms with Crippen LogP contribution in [-0.2, 0) is 0 Å². The number of benzene rings is 2. The van der Waals surface area contributed by atoms with Crippen LogP contribution < -0.4 is 19.5 Å². The Morgan fingerprint density at radius 1 is 1.17 bits per heavy atom. The van der Waals surface area contributed by atoms with Crippen molar-refractivity contribution in [1.29, 1.82) is 0 Å². The first kappa shape index (κ1) is 16.5. The minimum Gasteiger partial charge on any atom is -0.494 e. The summed E-state index contributed by atoms with van der Waals surface area (Å²) in [6.07, 6.45) is 0.707. The molecule has 0 saturated heterocycles. The van der Waals surface area contributed by atoms with Crippen molar-refractivity contribution >= 4 is 17.5 Å². The van der Waals surface area contributed by atoms with Crippen LogP contribution in [0.4, 0.5) is 0 Å². The zero-order valence-electron chi connectivity index (χ0n) is 13.1. The third-order valence-electron chi connectivity index (χ3n) is 3.48. The van der Waals surface area contributed by atoms with Crippen LogP contribution in [0.2, 0.25) is 5.02 Å². The van der Waals surface area contributed by atoms with Crippen LogP contribution in [0.3, 0.4) is 0 Å². The summed E-state index contributed by atoms with van der Waals surface area (Å²) in [6, 6.07) is 12.8. The summed E-state index contributed by atoms with van der Waals surface area (Å²) >= 11 is 6.14. The van der Waals surface area contributed by atoms with Gasteiger partial charge in [0.2, 0.25) is 0 Å².